The second-order valence-electron chi connectivity index (χ2n) is 3.60. The molecule has 0 aliphatic heterocycles. The van der Waals surface area contributed by atoms with Crippen molar-refractivity contribution in [2.75, 3.05) is 7.11 Å². The molecule has 1 aromatic heterocycles. The van der Waals surface area contributed by atoms with Crippen molar-refractivity contribution in [2.45, 2.75) is 6.92 Å². The summed E-state index contributed by atoms with van der Waals surface area (Å²) in [5.41, 5.74) is 1.69. The maximum Gasteiger partial charge on any atom is 0.356 e. The summed E-state index contributed by atoms with van der Waals surface area (Å²) in [6.45, 7) is 1.86. The number of fused-ring (bicyclic) bond motifs is 1. The molecule has 1 heterocycles. The van der Waals surface area contributed by atoms with Gasteiger partial charge in [-0.15, -0.1) is 0 Å². The van der Waals surface area contributed by atoms with Gasteiger partial charge in [-0.3, -0.25) is 0 Å². The van der Waals surface area contributed by atoms with Crippen LogP contribution in [-0.2, 0) is 4.74 Å². The molecule has 0 unspecified atom stereocenters. The Morgan fingerprint density at radius 2 is 2.00 bits per heavy atom. The average molecular weight is 270 g/mol. The van der Waals surface area contributed by atoms with Crippen LogP contribution >= 0.6 is 23.2 Å². The van der Waals surface area contributed by atoms with Crippen LogP contribution in [0.15, 0.2) is 18.2 Å². The van der Waals surface area contributed by atoms with E-state index in [1.54, 1.807) is 18.2 Å². The largest absolute Gasteiger partial charge is 0.464 e. The summed E-state index contributed by atoms with van der Waals surface area (Å²) < 4.78 is 4.63. The number of rotatable bonds is 1. The van der Waals surface area contributed by atoms with Crippen molar-refractivity contribution in [1.29, 1.82) is 0 Å². The third kappa shape index (κ3) is 2.21. The molecule has 0 spiro atoms. The summed E-state index contributed by atoms with van der Waals surface area (Å²) in [6, 6.07) is 4.97. The lowest BCUT2D eigenvalue weighted by atomic mass is 10.1. The van der Waals surface area contributed by atoms with E-state index in [9.17, 15) is 4.79 Å². The Bertz CT molecular complexity index is 611. The van der Waals surface area contributed by atoms with E-state index in [-0.39, 0.29) is 5.69 Å². The maximum atomic E-state index is 11.4. The molecule has 2 aromatic rings. The van der Waals surface area contributed by atoms with Crippen molar-refractivity contribution in [3.05, 3.63) is 39.5 Å². The van der Waals surface area contributed by atoms with Crippen LogP contribution in [0.5, 0.6) is 0 Å². The number of hydrogen-bond acceptors (Lipinski definition) is 3. The molecule has 3 nitrogen and oxygen atoms in total. The summed E-state index contributed by atoms with van der Waals surface area (Å²) >= 11 is 12.0. The Balaban J connectivity index is 2.77. The highest BCUT2D eigenvalue weighted by Gasteiger charge is 2.12. The molecule has 0 radical (unpaired) electrons. The topological polar surface area (TPSA) is 39.2 Å². The first kappa shape index (κ1) is 12.1. The molecule has 0 N–H and O–H groups in total. The number of aryl methyl sites for hydroxylation is 1. The number of halogens is 2. The number of hydrogen-bond donors (Lipinski definition) is 0. The molecule has 2 rings (SSSR count). The zero-order valence-corrected chi connectivity index (χ0v) is 10.8. The minimum absolute atomic E-state index is 0.246. The fourth-order valence-electron chi connectivity index (χ4n) is 1.69. The van der Waals surface area contributed by atoms with Crippen LogP contribution in [0.2, 0.25) is 10.0 Å². The number of carbonyl (C=O) groups is 1. The van der Waals surface area contributed by atoms with Gasteiger partial charge in [0.05, 0.1) is 17.6 Å². The average Bonchev–Trinajstić information content (AvgIpc) is 2.26. The number of aromatic nitrogens is 1. The van der Waals surface area contributed by atoms with E-state index in [1.165, 1.54) is 7.11 Å². The minimum Gasteiger partial charge on any atom is -0.464 e. The second kappa shape index (κ2) is 4.51. The van der Waals surface area contributed by atoms with Gasteiger partial charge in [0.25, 0.3) is 0 Å². The van der Waals surface area contributed by atoms with Crippen LogP contribution in [0.4, 0.5) is 0 Å². The van der Waals surface area contributed by atoms with Crippen molar-refractivity contribution in [1.82, 2.24) is 4.98 Å². The van der Waals surface area contributed by atoms with Crippen molar-refractivity contribution < 1.29 is 9.53 Å². The van der Waals surface area contributed by atoms with Gasteiger partial charge >= 0.3 is 5.97 Å². The molecule has 0 bridgehead atoms. The van der Waals surface area contributed by atoms with E-state index >= 15 is 0 Å². The number of esters is 1. The molecule has 88 valence electrons. The zero-order valence-electron chi connectivity index (χ0n) is 9.25. The van der Waals surface area contributed by atoms with E-state index in [2.05, 4.69) is 9.72 Å². The smallest absolute Gasteiger partial charge is 0.356 e. The predicted octanol–water partition coefficient (Wildman–Crippen LogP) is 3.64. The van der Waals surface area contributed by atoms with Gasteiger partial charge < -0.3 is 4.74 Å². The number of carbonyl (C=O) groups excluding carboxylic acids is 1. The highest BCUT2D eigenvalue weighted by atomic mass is 35.5. The molecular formula is C12H9Cl2NO2. The van der Waals surface area contributed by atoms with Crippen LogP contribution < -0.4 is 0 Å². The van der Waals surface area contributed by atoms with Gasteiger partial charge in [-0.1, -0.05) is 23.2 Å². The highest BCUT2D eigenvalue weighted by molar-refractivity contribution is 6.38. The maximum absolute atomic E-state index is 11.4. The molecule has 0 aliphatic carbocycles. The molecule has 0 amide bonds. The van der Waals surface area contributed by atoms with Crippen molar-refractivity contribution >= 4 is 40.1 Å². The van der Waals surface area contributed by atoms with Gasteiger partial charge in [-0.2, -0.15) is 0 Å². The third-order valence-corrected chi connectivity index (χ3v) is 2.93. The van der Waals surface area contributed by atoms with E-state index in [1.807, 2.05) is 6.92 Å². The first-order chi connectivity index (χ1) is 8.02. The van der Waals surface area contributed by atoms with Crippen LogP contribution in [0.25, 0.3) is 10.9 Å². The summed E-state index contributed by atoms with van der Waals surface area (Å²) in [4.78, 5) is 15.6. The van der Waals surface area contributed by atoms with Crippen LogP contribution in [0.1, 0.15) is 16.1 Å². The fraction of sp³-hybridized carbons (Fsp3) is 0.167. The third-order valence-electron chi connectivity index (χ3n) is 2.42. The van der Waals surface area contributed by atoms with E-state index < -0.39 is 5.97 Å². The SMILES string of the molecule is COC(=O)c1cc(C)c2c(Cl)cc(Cl)cc2n1. The Morgan fingerprint density at radius 1 is 1.29 bits per heavy atom. The number of pyridine rings is 1. The van der Waals surface area contributed by atoms with Crippen molar-refractivity contribution in [3.8, 4) is 0 Å². The van der Waals surface area contributed by atoms with E-state index in [4.69, 9.17) is 23.2 Å². The Kier molecular flexibility index (Phi) is 3.22. The second-order valence-corrected chi connectivity index (χ2v) is 4.44. The monoisotopic (exact) mass is 269 g/mol. The van der Waals surface area contributed by atoms with Crippen LogP contribution in [-0.4, -0.2) is 18.1 Å². The predicted molar refractivity (Wildman–Crippen MR) is 67.8 cm³/mol. The lowest BCUT2D eigenvalue weighted by molar-refractivity contribution is 0.0594. The molecule has 5 heteroatoms. The molecule has 0 atom stereocenters. The standard InChI is InChI=1S/C12H9Cl2NO2/c1-6-3-10(12(16)17-2)15-9-5-7(13)4-8(14)11(6)9/h3-5H,1-2H3. The van der Waals surface area contributed by atoms with Crippen LogP contribution in [0, 0.1) is 6.92 Å². The van der Waals surface area contributed by atoms with E-state index in [0.717, 1.165) is 10.9 Å². The van der Waals surface area contributed by atoms with Crippen molar-refractivity contribution in [2.24, 2.45) is 0 Å². The van der Waals surface area contributed by atoms with Gasteiger partial charge in [0.2, 0.25) is 0 Å². The Hall–Kier alpha value is -1.32. The number of ether oxygens (including phenoxy) is 1. The lowest BCUT2D eigenvalue weighted by Crippen LogP contribution is -2.05. The molecule has 0 fully saturated rings. The number of nitrogens with zero attached hydrogens (tertiary/aromatic N) is 1. The quantitative estimate of drug-likeness (QED) is 0.742. The molecule has 0 saturated heterocycles. The molecule has 1 aromatic carbocycles. The summed E-state index contributed by atoms with van der Waals surface area (Å²) in [6.07, 6.45) is 0. The highest BCUT2D eigenvalue weighted by Crippen LogP contribution is 2.29. The molecular weight excluding hydrogens is 261 g/mol. The molecule has 0 saturated carbocycles. The van der Waals surface area contributed by atoms with Gasteiger partial charge in [0, 0.05) is 10.4 Å². The van der Waals surface area contributed by atoms with Crippen molar-refractivity contribution in [3.63, 3.8) is 0 Å². The first-order valence-electron chi connectivity index (χ1n) is 4.87. The summed E-state index contributed by atoms with van der Waals surface area (Å²) in [5, 5.41) is 1.80. The van der Waals surface area contributed by atoms with E-state index in [0.29, 0.717) is 15.6 Å². The number of methoxy groups -OCH3 is 1. The zero-order chi connectivity index (χ0) is 12.6. The van der Waals surface area contributed by atoms with Gasteiger partial charge in [-0.25, -0.2) is 9.78 Å². The minimum atomic E-state index is -0.480. The van der Waals surface area contributed by atoms with Gasteiger partial charge in [0.15, 0.2) is 0 Å². The molecule has 17 heavy (non-hydrogen) atoms. The van der Waals surface area contributed by atoms with Crippen LogP contribution in [0.3, 0.4) is 0 Å². The summed E-state index contributed by atoms with van der Waals surface area (Å²) in [7, 11) is 1.31. The lowest BCUT2D eigenvalue weighted by Gasteiger charge is -2.07. The first-order valence-corrected chi connectivity index (χ1v) is 5.63. The Morgan fingerprint density at radius 3 is 2.65 bits per heavy atom. The Labute approximate surface area is 108 Å². The number of benzene rings is 1. The fourth-order valence-corrected chi connectivity index (χ4v) is 2.32. The van der Waals surface area contributed by atoms with Gasteiger partial charge in [0.1, 0.15) is 5.69 Å². The summed E-state index contributed by atoms with van der Waals surface area (Å²) in [5.74, 6) is -0.480. The normalized spacial score (nSPS) is 10.6. The molecule has 0 aliphatic rings. The van der Waals surface area contributed by atoms with Gasteiger partial charge in [-0.05, 0) is 30.7 Å².